The first-order valence-corrected chi connectivity index (χ1v) is 8.38. The van der Waals surface area contributed by atoms with E-state index in [2.05, 4.69) is 0 Å². The van der Waals surface area contributed by atoms with Crippen molar-refractivity contribution in [3.05, 3.63) is 71.0 Å². The topological polar surface area (TPSA) is 57.6 Å². The summed E-state index contributed by atoms with van der Waals surface area (Å²) in [7, 11) is 0. The summed E-state index contributed by atoms with van der Waals surface area (Å²) in [4.78, 5) is 26.7. The fourth-order valence-electron chi connectivity index (χ4n) is 4.10. The van der Waals surface area contributed by atoms with E-state index in [0.717, 1.165) is 22.4 Å². The van der Waals surface area contributed by atoms with E-state index in [1.165, 1.54) is 18.2 Å². The quantitative estimate of drug-likeness (QED) is 0.874. The van der Waals surface area contributed by atoms with Crippen LogP contribution in [0.25, 0.3) is 0 Å². The second-order valence-corrected chi connectivity index (χ2v) is 6.76. The number of likely N-dealkylation sites (tertiary alicyclic amines) is 1. The number of carbonyl (C=O) groups excluding carboxylic acids is 2. The van der Waals surface area contributed by atoms with E-state index < -0.39 is 17.3 Å². The van der Waals surface area contributed by atoms with Crippen LogP contribution < -0.4 is 0 Å². The molecule has 1 aliphatic carbocycles. The van der Waals surface area contributed by atoms with Gasteiger partial charge < -0.3 is 5.11 Å². The Morgan fingerprint density at radius 2 is 1.84 bits per heavy atom. The molecule has 1 spiro atoms. The molecule has 2 amide bonds. The molecular formula is C20H18FNO3. The van der Waals surface area contributed by atoms with Crippen LogP contribution in [0.2, 0.25) is 0 Å². The molecule has 4 nitrogen and oxygen atoms in total. The number of aliphatic hydroxyl groups excluding tert-OH is 1. The molecule has 0 bridgehead atoms. The average molecular weight is 339 g/mol. The highest BCUT2D eigenvalue weighted by Crippen LogP contribution is 2.47. The van der Waals surface area contributed by atoms with Crippen molar-refractivity contribution in [2.45, 2.75) is 30.8 Å². The van der Waals surface area contributed by atoms with Crippen molar-refractivity contribution < 1.29 is 19.1 Å². The Kier molecular flexibility index (Phi) is 3.69. The maximum absolute atomic E-state index is 13.9. The molecule has 1 saturated heterocycles. The standard InChI is InChI=1S/C20H18FNO3/c21-16-8-4-2-6-14(16)17(23)12-22-18(24)11-20(19(22)25)10-9-13-5-1-3-7-15(13)20/h1-8,17,23H,9-12H2. The van der Waals surface area contributed by atoms with Crippen LogP contribution in [0.15, 0.2) is 48.5 Å². The highest BCUT2D eigenvalue weighted by molar-refractivity contribution is 6.09. The van der Waals surface area contributed by atoms with Gasteiger partial charge in [0.05, 0.1) is 18.1 Å². The van der Waals surface area contributed by atoms with E-state index >= 15 is 0 Å². The van der Waals surface area contributed by atoms with Crippen LogP contribution in [-0.4, -0.2) is 28.4 Å². The number of halogens is 1. The van der Waals surface area contributed by atoms with Gasteiger partial charge in [-0.2, -0.15) is 0 Å². The molecule has 2 aliphatic rings. The second-order valence-electron chi connectivity index (χ2n) is 6.76. The number of hydrogen-bond donors (Lipinski definition) is 1. The normalized spacial score (nSPS) is 23.4. The van der Waals surface area contributed by atoms with Crippen LogP contribution in [0.4, 0.5) is 4.39 Å². The summed E-state index contributed by atoms with van der Waals surface area (Å²) < 4.78 is 13.9. The van der Waals surface area contributed by atoms with Crippen LogP contribution in [0.3, 0.4) is 0 Å². The van der Waals surface area contributed by atoms with Gasteiger partial charge in [-0.15, -0.1) is 0 Å². The molecule has 128 valence electrons. The minimum absolute atomic E-state index is 0.0934. The third-order valence-electron chi connectivity index (χ3n) is 5.38. The molecule has 25 heavy (non-hydrogen) atoms. The summed E-state index contributed by atoms with van der Waals surface area (Å²) in [6, 6.07) is 13.6. The monoisotopic (exact) mass is 339 g/mol. The number of carbonyl (C=O) groups is 2. The molecule has 1 heterocycles. The van der Waals surface area contributed by atoms with Crippen molar-refractivity contribution in [3.63, 3.8) is 0 Å². The summed E-state index contributed by atoms with van der Waals surface area (Å²) in [5.41, 5.74) is 1.29. The smallest absolute Gasteiger partial charge is 0.240 e. The van der Waals surface area contributed by atoms with Crippen LogP contribution in [0, 0.1) is 5.82 Å². The van der Waals surface area contributed by atoms with E-state index in [1.54, 1.807) is 6.07 Å². The van der Waals surface area contributed by atoms with Gasteiger partial charge in [-0.1, -0.05) is 42.5 Å². The molecular weight excluding hydrogens is 321 g/mol. The number of imide groups is 1. The van der Waals surface area contributed by atoms with Gasteiger partial charge in [0.15, 0.2) is 0 Å². The van der Waals surface area contributed by atoms with Gasteiger partial charge in [0, 0.05) is 12.0 Å². The zero-order valence-electron chi connectivity index (χ0n) is 13.6. The van der Waals surface area contributed by atoms with E-state index in [9.17, 15) is 19.1 Å². The molecule has 2 aromatic carbocycles. The lowest BCUT2D eigenvalue weighted by Gasteiger charge is -2.24. The first kappa shape index (κ1) is 16.0. The Morgan fingerprint density at radius 1 is 1.12 bits per heavy atom. The van der Waals surface area contributed by atoms with Gasteiger partial charge in [-0.3, -0.25) is 14.5 Å². The number of nitrogens with zero attached hydrogens (tertiary/aromatic N) is 1. The number of aliphatic hydroxyl groups is 1. The maximum atomic E-state index is 13.9. The molecule has 1 N–H and O–H groups in total. The van der Waals surface area contributed by atoms with Gasteiger partial charge in [0.25, 0.3) is 0 Å². The number of aryl methyl sites for hydroxylation is 1. The number of rotatable bonds is 3. The van der Waals surface area contributed by atoms with E-state index in [-0.39, 0.29) is 30.3 Å². The molecule has 0 aromatic heterocycles. The Labute approximate surface area is 144 Å². The first-order valence-electron chi connectivity index (χ1n) is 8.38. The maximum Gasteiger partial charge on any atom is 0.240 e. The molecule has 1 fully saturated rings. The summed E-state index contributed by atoms with van der Waals surface area (Å²) >= 11 is 0. The zero-order chi connectivity index (χ0) is 17.6. The van der Waals surface area contributed by atoms with Crippen LogP contribution in [0.5, 0.6) is 0 Å². The predicted molar refractivity (Wildman–Crippen MR) is 89.1 cm³/mol. The van der Waals surface area contributed by atoms with Gasteiger partial charge in [0.2, 0.25) is 11.8 Å². The summed E-state index contributed by atoms with van der Waals surface area (Å²) in [5, 5.41) is 10.3. The van der Waals surface area contributed by atoms with Gasteiger partial charge in [0.1, 0.15) is 5.82 Å². The number of benzene rings is 2. The van der Waals surface area contributed by atoms with Gasteiger partial charge in [-0.05, 0) is 30.0 Å². The van der Waals surface area contributed by atoms with Crippen molar-refractivity contribution in [2.75, 3.05) is 6.54 Å². The second kappa shape index (κ2) is 5.77. The Bertz CT molecular complexity index is 866. The first-order chi connectivity index (χ1) is 12.0. The fourth-order valence-corrected chi connectivity index (χ4v) is 4.10. The van der Waals surface area contributed by atoms with Crippen LogP contribution in [-0.2, 0) is 21.4 Å². The predicted octanol–water partition coefficient (Wildman–Crippen LogP) is 2.50. The van der Waals surface area contributed by atoms with E-state index in [1.807, 2.05) is 24.3 Å². The van der Waals surface area contributed by atoms with Crippen molar-refractivity contribution in [3.8, 4) is 0 Å². The molecule has 5 heteroatoms. The number of fused-ring (bicyclic) bond motifs is 2. The molecule has 2 unspecified atom stereocenters. The number of amides is 2. The number of β-amino-alcohol motifs (C(OH)–C–C–N with tert-alkyl or cyclic N) is 1. The molecule has 4 rings (SSSR count). The minimum Gasteiger partial charge on any atom is -0.386 e. The third kappa shape index (κ3) is 2.38. The van der Waals surface area contributed by atoms with Crippen molar-refractivity contribution >= 4 is 11.8 Å². The summed E-state index contributed by atoms with van der Waals surface area (Å²) in [5.74, 6) is -1.13. The molecule has 0 saturated carbocycles. The SMILES string of the molecule is O=C1CC2(CCc3ccccc32)C(=O)N1CC(O)c1ccccc1F. The van der Waals surface area contributed by atoms with Crippen molar-refractivity contribution in [1.82, 2.24) is 4.90 Å². The van der Waals surface area contributed by atoms with Crippen molar-refractivity contribution in [2.24, 2.45) is 0 Å². The molecule has 0 radical (unpaired) electrons. The lowest BCUT2D eigenvalue weighted by Crippen LogP contribution is -2.39. The highest BCUT2D eigenvalue weighted by Gasteiger charge is 2.55. The average Bonchev–Trinajstić information content (AvgIpc) is 3.09. The Hall–Kier alpha value is -2.53. The van der Waals surface area contributed by atoms with Gasteiger partial charge in [-0.25, -0.2) is 4.39 Å². The summed E-state index contributed by atoms with van der Waals surface area (Å²) in [6.45, 7) is -0.220. The highest BCUT2D eigenvalue weighted by atomic mass is 19.1. The molecule has 2 atom stereocenters. The minimum atomic E-state index is -1.24. The largest absolute Gasteiger partial charge is 0.386 e. The fraction of sp³-hybridized carbons (Fsp3) is 0.300. The number of hydrogen-bond acceptors (Lipinski definition) is 3. The Morgan fingerprint density at radius 3 is 2.64 bits per heavy atom. The van der Waals surface area contributed by atoms with E-state index in [4.69, 9.17) is 0 Å². The van der Waals surface area contributed by atoms with Crippen LogP contribution in [0.1, 0.15) is 35.6 Å². The molecule has 2 aromatic rings. The third-order valence-corrected chi connectivity index (χ3v) is 5.38. The van der Waals surface area contributed by atoms with Crippen LogP contribution >= 0.6 is 0 Å². The zero-order valence-corrected chi connectivity index (χ0v) is 13.6. The Balaban J connectivity index is 1.62. The summed E-state index contributed by atoms with van der Waals surface area (Å²) in [6.07, 6.45) is 0.246. The molecule has 1 aliphatic heterocycles. The lowest BCUT2D eigenvalue weighted by atomic mass is 9.80. The lowest BCUT2D eigenvalue weighted by molar-refractivity contribution is -0.141. The van der Waals surface area contributed by atoms with E-state index in [0.29, 0.717) is 6.42 Å². The van der Waals surface area contributed by atoms with Gasteiger partial charge >= 0.3 is 0 Å². The van der Waals surface area contributed by atoms with Crippen molar-refractivity contribution in [1.29, 1.82) is 0 Å².